The van der Waals surface area contributed by atoms with Gasteiger partial charge < -0.3 is 15.4 Å². The third-order valence-electron chi connectivity index (χ3n) is 3.31. The molecule has 86 valence electrons. The fraction of sp³-hybridized carbons (Fsp3) is 0.636. The average Bonchev–Trinajstić information content (AvgIpc) is 2.75. The Balaban J connectivity index is 1.64. The van der Waals surface area contributed by atoms with Gasteiger partial charge in [-0.2, -0.15) is 4.98 Å². The molecule has 1 aromatic rings. The summed E-state index contributed by atoms with van der Waals surface area (Å²) < 4.78 is 5.32. The van der Waals surface area contributed by atoms with E-state index in [9.17, 15) is 0 Å². The van der Waals surface area contributed by atoms with E-state index in [2.05, 4.69) is 20.6 Å². The number of rotatable bonds is 4. The minimum Gasteiger partial charge on any atom is -0.477 e. The first kappa shape index (κ1) is 9.84. The Morgan fingerprint density at radius 2 is 2.25 bits per heavy atom. The van der Waals surface area contributed by atoms with Crippen molar-refractivity contribution in [3.05, 3.63) is 12.4 Å². The number of nitrogens with zero attached hydrogens (tertiary/aromatic N) is 2. The average molecular weight is 220 g/mol. The fourth-order valence-electron chi connectivity index (χ4n) is 2.44. The van der Waals surface area contributed by atoms with Crippen LogP contribution in [0, 0.1) is 11.8 Å². The van der Waals surface area contributed by atoms with Gasteiger partial charge in [-0.3, -0.25) is 4.98 Å². The van der Waals surface area contributed by atoms with Crippen molar-refractivity contribution in [3.63, 3.8) is 0 Å². The molecule has 0 amide bonds. The Morgan fingerprint density at radius 1 is 1.44 bits per heavy atom. The van der Waals surface area contributed by atoms with Gasteiger partial charge in [-0.1, -0.05) is 0 Å². The number of anilines is 1. The molecule has 1 saturated carbocycles. The van der Waals surface area contributed by atoms with Crippen molar-refractivity contribution < 1.29 is 4.74 Å². The van der Waals surface area contributed by atoms with Crippen LogP contribution in [-0.4, -0.2) is 35.7 Å². The van der Waals surface area contributed by atoms with Gasteiger partial charge in [0.2, 0.25) is 5.88 Å². The number of aromatic nitrogens is 2. The van der Waals surface area contributed by atoms with Crippen LogP contribution in [0.4, 0.5) is 5.82 Å². The Bertz CT molecular complexity index is 374. The zero-order valence-electron chi connectivity index (χ0n) is 9.31. The Hall–Kier alpha value is -1.36. The van der Waals surface area contributed by atoms with Gasteiger partial charge in [0.1, 0.15) is 5.82 Å². The first-order valence-corrected chi connectivity index (χ1v) is 5.80. The molecule has 16 heavy (non-hydrogen) atoms. The number of piperidine rings is 1. The van der Waals surface area contributed by atoms with E-state index in [1.54, 1.807) is 12.4 Å². The zero-order valence-corrected chi connectivity index (χ0v) is 9.31. The molecule has 2 fully saturated rings. The van der Waals surface area contributed by atoms with Gasteiger partial charge in [0, 0.05) is 19.1 Å². The first-order valence-electron chi connectivity index (χ1n) is 5.80. The fourth-order valence-corrected chi connectivity index (χ4v) is 2.44. The van der Waals surface area contributed by atoms with Gasteiger partial charge in [0.15, 0.2) is 0 Å². The number of fused-ring (bicyclic) bond motifs is 1. The lowest BCUT2D eigenvalue weighted by Crippen LogP contribution is -2.21. The summed E-state index contributed by atoms with van der Waals surface area (Å²) in [5, 5.41) is 6.79. The third-order valence-corrected chi connectivity index (χ3v) is 3.31. The maximum atomic E-state index is 5.32. The summed E-state index contributed by atoms with van der Waals surface area (Å²) in [5.41, 5.74) is 0. The summed E-state index contributed by atoms with van der Waals surface area (Å²) in [7, 11) is 0. The summed E-state index contributed by atoms with van der Waals surface area (Å²) in [4.78, 5) is 8.47. The highest BCUT2D eigenvalue weighted by Gasteiger charge is 2.53. The van der Waals surface area contributed by atoms with Gasteiger partial charge in [-0.25, -0.2) is 0 Å². The smallest absolute Gasteiger partial charge is 0.234 e. The highest BCUT2D eigenvalue weighted by atomic mass is 16.5. The molecule has 3 rings (SSSR count). The molecule has 2 aliphatic rings. The first-order chi connectivity index (χ1) is 7.88. The quantitative estimate of drug-likeness (QED) is 0.774. The van der Waals surface area contributed by atoms with Crippen LogP contribution in [0.1, 0.15) is 6.92 Å². The maximum Gasteiger partial charge on any atom is 0.234 e. The molecule has 2 N–H and O–H groups in total. The molecule has 1 saturated heterocycles. The van der Waals surface area contributed by atoms with Crippen molar-refractivity contribution in [2.75, 3.05) is 25.0 Å². The van der Waals surface area contributed by atoms with E-state index in [1.807, 2.05) is 6.92 Å². The third kappa shape index (κ3) is 1.71. The van der Waals surface area contributed by atoms with E-state index < -0.39 is 0 Å². The molecular formula is C11H16N4O. The SMILES string of the molecule is CCOc1cncc(NC2C3CNCC32)n1. The van der Waals surface area contributed by atoms with Crippen LogP contribution in [0.15, 0.2) is 12.4 Å². The number of ether oxygens (including phenoxy) is 1. The molecule has 1 aliphatic carbocycles. The molecule has 0 spiro atoms. The minimum atomic E-state index is 0.576. The molecular weight excluding hydrogens is 204 g/mol. The molecule has 2 atom stereocenters. The second-order valence-electron chi connectivity index (χ2n) is 4.33. The zero-order chi connectivity index (χ0) is 11.0. The van der Waals surface area contributed by atoms with Crippen LogP contribution in [0.25, 0.3) is 0 Å². The van der Waals surface area contributed by atoms with E-state index in [0.717, 1.165) is 30.7 Å². The molecule has 1 aliphatic heterocycles. The molecule has 1 aromatic heterocycles. The number of hydrogen-bond acceptors (Lipinski definition) is 5. The molecule has 0 aromatic carbocycles. The van der Waals surface area contributed by atoms with E-state index in [4.69, 9.17) is 4.74 Å². The molecule has 0 bridgehead atoms. The number of hydrogen-bond donors (Lipinski definition) is 2. The van der Waals surface area contributed by atoms with Crippen LogP contribution in [-0.2, 0) is 0 Å². The summed E-state index contributed by atoms with van der Waals surface area (Å²) in [6, 6.07) is 0.576. The van der Waals surface area contributed by atoms with E-state index in [-0.39, 0.29) is 0 Å². The highest BCUT2D eigenvalue weighted by molar-refractivity contribution is 5.38. The molecule has 2 unspecified atom stereocenters. The van der Waals surface area contributed by atoms with Crippen LogP contribution in [0.5, 0.6) is 5.88 Å². The Kier molecular flexibility index (Phi) is 2.40. The van der Waals surface area contributed by atoms with E-state index in [0.29, 0.717) is 18.5 Å². The molecule has 5 heteroatoms. The summed E-state index contributed by atoms with van der Waals surface area (Å²) in [5.74, 6) is 2.97. The number of nitrogens with one attached hydrogen (secondary N) is 2. The van der Waals surface area contributed by atoms with Gasteiger partial charge in [-0.15, -0.1) is 0 Å². The summed E-state index contributed by atoms with van der Waals surface area (Å²) in [6.07, 6.45) is 3.40. The van der Waals surface area contributed by atoms with Crippen molar-refractivity contribution in [1.82, 2.24) is 15.3 Å². The monoisotopic (exact) mass is 220 g/mol. The largest absolute Gasteiger partial charge is 0.477 e. The predicted molar refractivity (Wildman–Crippen MR) is 60.5 cm³/mol. The topological polar surface area (TPSA) is 59.1 Å². The van der Waals surface area contributed by atoms with Crippen LogP contribution in [0.2, 0.25) is 0 Å². The standard InChI is InChI=1S/C11H16N4O/c1-2-16-10-6-13-5-9(14-10)15-11-7-3-12-4-8(7)11/h5-8,11-12H,2-4H2,1H3,(H,14,15). The lowest BCUT2D eigenvalue weighted by Gasteiger charge is -2.08. The Labute approximate surface area is 94.6 Å². The van der Waals surface area contributed by atoms with Crippen molar-refractivity contribution in [3.8, 4) is 5.88 Å². The van der Waals surface area contributed by atoms with E-state index in [1.165, 1.54) is 0 Å². The highest BCUT2D eigenvalue weighted by Crippen LogP contribution is 2.43. The lowest BCUT2D eigenvalue weighted by molar-refractivity contribution is 0.325. The molecule has 5 nitrogen and oxygen atoms in total. The van der Waals surface area contributed by atoms with Crippen LogP contribution < -0.4 is 15.4 Å². The molecule has 2 heterocycles. The lowest BCUT2D eigenvalue weighted by atomic mass is 10.4. The van der Waals surface area contributed by atoms with Crippen LogP contribution >= 0.6 is 0 Å². The van der Waals surface area contributed by atoms with Crippen LogP contribution in [0.3, 0.4) is 0 Å². The maximum absolute atomic E-state index is 5.32. The predicted octanol–water partition coefficient (Wildman–Crippen LogP) is 0.505. The van der Waals surface area contributed by atoms with Crippen molar-refractivity contribution in [2.45, 2.75) is 13.0 Å². The van der Waals surface area contributed by atoms with Crippen molar-refractivity contribution >= 4 is 5.82 Å². The van der Waals surface area contributed by atoms with Crippen molar-refractivity contribution in [1.29, 1.82) is 0 Å². The second-order valence-corrected chi connectivity index (χ2v) is 4.33. The second kappa shape index (κ2) is 3.90. The summed E-state index contributed by atoms with van der Waals surface area (Å²) >= 11 is 0. The van der Waals surface area contributed by atoms with Gasteiger partial charge in [-0.05, 0) is 18.8 Å². The van der Waals surface area contributed by atoms with Gasteiger partial charge in [0.05, 0.1) is 19.0 Å². The minimum absolute atomic E-state index is 0.576. The van der Waals surface area contributed by atoms with Gasteiger partial charge >= 0.3 is 0 Å². The normalized spacial score (nSPS) is 30.9. The van der Waals surface area contributed by atoms with Crippen molar-refractivity contribution in [2.24, 2.45) is 11.8 Å². The van der Waals surface area contributed by atoms with E-state index >= 15 is 0 Å². The summed E-state index contributed by atoms with van der Waals surface area (Å²) in [6.45, 7) is 4.82. The molecule has 0 radical (unpaired) electrons. The Morgan fingerprint density at radius 3 is 3.00 bits per heavy atom. The van der Waals surface area contributed by atoms with Gasteiger partial charge in [0.25, 0.3) is 0 Å².